The quantitative estimate of drug-likeness (QED) is 0.517. The molecule has 0 amide bonds. The molecule has 1 aliphatic heterocycles. The minimum absolute atomic E-state index is 0.666. The van der Waals surface area contributed by atoms with Gasteiger partial charge in [0.1, 0.15) is 0 Å². The summed E-state index contributed by atoms with van der Waals surface area (Å²) in [5.74, 6) is 1.62. The number of aliphatic imine (C=N–C) groups is 1. The minimum Gasteiger partial charge on any atom is -0.357 e. The van der Waals surface area contributed by atoms with E-state index in [9.17, 15) is 0 Å². The number of nitrogens with zero attached hydrogens (tertiary/aromatic N) is 4. The van der Waals surface area contributed by atoms with Crippen molar-refractivity contribution in [2.24, 2.45) is 10.9 Å². The minimum atomic E-state index is 0.666. The van der Waals surface area contributed by atoms with Gasteiger partial charge in [-0.2, -0.15) is 5.10 Å². The molecule has 6 heteroatoms. The van der Waals surface area contributed by atoms with E-state index >= 15 is 0 Å². The number of likely N-dealkylation sites (tertiary alicyclic amines) is 1. The van der Waals surface area contributed by atoms with Gasteiger partial charge in [-0.15, -0.1) is 0 Å². The summed E-state index contributed by atoms with van der Waals surface area (Å²) in [5, 5.41) is 11.3. The second kappa shape index (κ2) is 10.9. The maximum absolute atomic E-state index is 4.84. The molecule has 6 nitrogen and oxygen atoms in total. The molecule has 1 saturated heterocycles. The van der Waals surface area contributed by atoms with Crippen molar-refractivity contribution in [1.29, 1.82) is 0 Å². The zero-order chi connectivity index (χ0) is 19.6. The van der Waals surface area contributed by atoms with Crippen LogP contribution in [0.5, 0.6) is 0 Å². The van der Waals surface area contributed by atoms with E-state index in [-0.39, 0.29) is 0 Å². The molecular weight excluding hydrogens is 348 g/mol. The van der Waals surface area contributed by atoms with Gasteiger partial charge in [0.25, 0.3) is 0 Å². The molecule has 1 unspecified atom stereocenters. The topological polar surface area (TPSA) is 57.5 Å². The van der Waals surface area contributed by atoms with Crippen LogP contribution in [0.15, 0.2) is 47.7 Å². The first-order chi connectivity index (χ1) is 13.8. The zero-order valence-electron chi connectivity index (χ0n) is 17.3. The molecule has 152 valence electrons. The summed E-state index contributed by atoms with van der Waals surface area (Å²) in [6, 6.07) is 10.4. The van der Waals surface area contributed by atoms with Gasteiger partial charge in [0.15, 0.2) is 5.96 Å². The van der Waals surface area contributed by atoms with Crippen LogP contribution in [-0.2, 0) is 13.1 Å². The average Bonchev–Trinajstić information content (AvgIpc) is 3.37. The van der Waals surface area contributed by atoms with Gasteiger partial charge in [-0.1, -0.05) is 31.2 Å². The Morgan fingerprint density at radius 1 is 1.18 bits per heavy atom. The lowest BCUT2D eigenvalue weighted by atomic mass is 10.1. The van der Waals surface area contributed by atoms with E-state index in [4.69, 9.17) is 4.99 Å². The van der Waals surface area contributed by atoms with Crippen LogP contribution >= 0.6 is 0 Å². The lowest BCUT2D eigenvalue weighted by Crippen LogP contribution is -2.40. The van der Waals surface area contributed by atoms with Crippen LogP contribution in [-0.4, -0.2) is 53.4 Å². The van der Waals surface area contributed by atoms with Crippen LogP contribution < -0.4 is 10.6 Å². The van der Waals surface area contributed by atoms with Gasteiger partial charge in [-0.3, -0.25) is 4.68 Å². The van der Waals surface area contributed by atoms with Crippen LogP contribution in [0.1, 0.15) is 37.8 Å². The van der Waals surface area contributed by atoms with Crippen molar-refractivity contribution < 1.29 is 0 Å². The van der Waals surface area contributed by atoms with E-state index in [1.807, 2.05) is 23.1 Å². The van der Waals surface area contributed by atoms with Crippen molar-refractivity contribution in [2.75, 3.05) is 32.7 Å². The maximum Gasteiger partial charge on any atom is 0.191 e. The van der Waals surface area contributed by atoms with E-state index in [0.717, 1.165) is 25.6 Å². The normalized spacial score (nSPS) is 17.8. The summed E-state index contributed by atoms with van der Waals surface area (Å²) in [4.78, 5) is 7.41. The highest BCUT2D eigenvalue weighted by Crippen LogP contribution is 2.15. The number of nitrogens with one attached hydrogen (secondary N) is 2. The van der Waals surface area contributed by atoms with Gasteiger partial charge in [0.05, 0.1) is 13.1 Å². The van der Waals surface area contributed by atoms with E-state index in [2.05, 4.69) is 58.7 Å². The van der Waals surface area contributed by atoms with Crippen LogP contribution in [0.2, 0.25) is 0 Å². The number of rotatable bonds is 9. The summed E-state index contributed by atoms with van der Waals surface area (Å²) in [6.45, 7) is 11.3. The number of hydrogen-bond acceptors (Lipinski definition) is 3. The third kappa shape index (κ3) is 6.09. The van der Waals surface area contributed by atoms with Crippen molar-refractivity contribution in [3.8, 4) is 0 Å². The predicted octanol–water partition coefficient (Wildman–Crippen LogP) is 2.72. The van der Waals surface area contributed by atoms with Crippen LogP contribution in [0, 0.1) is 5.92 Å². The van der Waals surface area contributed by atoms with Crippen molar-refractivity contribution in [3.05, 3.63) is 53.9 Å². The van der Waals surface area contributed by atoms with Crippen LogP contribution in [0.3, 0.4) is 0 Å². The molecule has 0 aliphatic carbocycles. The molecule has 0 radical (unpaired) electrons. The second-order valence-electron chi connectivity index (χ2n) is 7.50. The third-order valence-corrected chi connectivity index (χ3v) is 5.23. The Hall–Kier alpha value is -2.34. The van der Waals surface area contributed by atoms with Gasteiger partial charge in [-0.25, -0.2) is 4.99 Å². The third-order valence-electron chi connectivity index (χ3n) is 5.23. The van der Waals surface area contributed by atoms with E-state index in [0.29, 0.717) is 12.5 Å². The molecule has 1 aliphatic rings. The highest BCUT2D eigenvalue weighted by molar-refractivity contribution is 5.79. The fourth-order valence-corrected chi connectivity index (χ4v) is 3.78. The molecule has 2 heterocycles. The van der Waals surface area contributed by atoms with Gasteiger partial charge in [0, 0.05) is 32.0 Å². The number of benzene rings is 1. The SMILES string of the molecule is CCCN1CCC(CNC(=NCc2ccccc2Cn2cccn2)NCC)C1. The lowest BCUT2D eigenvalue weighted by Gasteiger charge is -2.17. The predicted molar refractivity (Wildman–Crippen MR) is 115 cm³/mol. The maximum atomic E-state index is 4.84. The fraction of sp³-hybridized carbons (Fsp3) is 0.545. The van der Waals surface area contributed by atoms with Gasteiger partial charge >= 0.3 is 0 Å². The Kier molecular flexibility index (Phi) is 7.91. The summed E-state index contributed by atoms with van der Waals surface area (Å²) < 4.78 is 1.95. The molecule has 0 bridgehead atoms. The Labute approximate surface area is 169 Å². The average molecular weight is 383 g/mol. The highest BCUT2D eigenvalue weighted by Gasteiger charge is 2.21. The number of guanidine groups is 1. The lowest BCUT2D eigenvalue weighted by molar-refractivity contribution is 0.324. The smallest absolute Gasteiger partial charge is 0.191 e. The van der Waals surface area contributed by atoms with Crippen molar-refractivity contribution in [2.45, 2.75) is 39.8 Å². The molecule has 1 aromatic heterocycles. The number of hydrogen-bond donors (Lipinski definition) is 2. The van der Waals surface area contributed by atoms with Crippen LogP contribution in [0.4, 0.5) is 0 Å². The summed E-state index contributed by atoms with van der Waals surface area (Å²) in [5.41, 5.74) is 2.50. The van der Waals surface area contributed by atoms with Crippen molar-refractivity contribution in [3.63, 3.8) is 0 Å². The Morgan fingerprint density at radius 2 is 2.04 bits per heavy atom. The first-order valence-electron chi connectivity index (χ1n) is 10.6. The molecule has 2 N–H and O–H groups in total. The van der Waals surface area contributed by atoms with Gasteiger partial charge < -0.3 is 15.5 Å². The zero-order valence-corrected chi connectivity index (χ0v) is 17.3. The highest BCUT2D eigenvalue weighted by atomic mass is 15.3. The standard InChI is InChI=1S/C22H34N6/c1-3-12-27-14-10-19(17-27)15-24-22(23-4-2)25-16-20-8-5-6-9-21(20)18-28-13-7-11-26-28/h5-9,11,13,19H,3-4,10,12,14-18H2,1-2H3,(H2,23,24,25). The molecule has 28 heavy (non-hydrogen) atoms. The summed E-state index contributed by atoms with van der Waals surface area (Å²) in [7, 11) is 0. The van der Waals surface area contributed by atoms with Crippen LogP contribution in [0.25, 0.3) is 0 Å². The molecule has 0 spiro atoms. The Balaban J connectivity index is 1.57. The summed E-state index contributed by atoms with van der Waals surface area (Å²) >= 11 is 0. The fourth-order valence-electron chi connectivity index (χ4n) is 3.78. The first kappa shape index (κ1) is 20.4. The molecule has 1 fully saturated rings. The second-order valence-corrected chi connectivity index (χ2v) is 7.50. The van der Waals surface area contributed by atoms with Gasteiger partial charge in [-0.05, 0) is 56.0 Å². The van der Waals surface area contributed by atoms with E-state index < -0.39 is 0 Å². The van der Waals surface area contributed by atoms with Crippen molar-refractivity contribution in [1.82, 2.24) is 25.3 Å². The molecule has 0 saturated carbocycles. The molecule has 3 rings (SSSR count). The van der Waals surface area contributed by atoms with Crippen molar-refractivity contribution >= 4 is 5.96 Å². The molecule has 1 atom stereocenters. The number of aromatic nitrogens is 2. The Morgan fingerprint density at radius 3 is 2.79 bits per heavy atom. The Bertz CT molecular complexity index is 724. The molecule has 1 aromatic carbocycles. The van der Waals surface area contributed by atoms with E-state index in [1.54, 1.807) is 0 Å². The summed E-state index contributed by atoms with van der Waals surface area (Å²) in [6.07, 6.45) is 6.33. The first-order valence-corrected chi connectivity index (χ1v) is 10.6. The van der Waals surface area contributed by atoms with E-state index in [1.165, 1.54) is 43.6 Å². The monoisotopic (exact) mass is 382 g/mol. The van der Waals surface area contributed by atoms with Gasteiger partial charge in [0.2, 0.25) is 0 Å². The molecular formula is C22H34N6. The molecule has 2 aromatic rings. The largest absolute Gasteiger partial charge is 0.357 e.